The fourth-order valence-electron chi connectivity index (χ4n) is 2.78. The van der Waals surface area contributed by atoms with Crippen molar-refractivity contribution in [2.45, 2.75) is 25.5 Å². The normalized spacial score (nSPS) is 19.8. The fraction of sp³-hybridized carbons (Fsp3) is 0.312. The zero-order valence-electron chi connectivity index (χ0n) is 11.0. The lowest BCUT2D eigenvalue weighted by molar-refractivity contribution is 0.124. The number of rotatable bonds is 2. The quantitative estimate of drug-likeness (QED) is 0.864. The molecule has 0 fully saturated rings. The molecule has 0 radical (unpaired) electrons. The van der Waals surface area contributed by atoms with Crippen molar-refractivity contribution < 1.29 is 5.11 Å². The Hall–Kier alpha value is -1.71. The summed E-state index contributed by atoms with van der Waals surface area (Å²) in [5.74, 6) is 0. The van der Waals surface area contributed by atoms with Crippen LogP contribution in [0.25, 0.3) is 0 Å². The highest BCUT2D eigenvalue weighted by Crippen LogP contribution is 2.33. The molecule has 98 valence electrons. The van der Waals surface area contributed by atoms with Crippen LogP contribution in [0.1, 0.15) is 34.4 Å². The van der Waals surface area contributed by atoms with E-state index in [2.05, 4.69) is 28.5 Å². The highest BCUT2D eigenvalue weighted by Gasteiger charge is 2.27. The van der Waals surface area contributed by atoms with Crippen LogP contribution < -0.4 is 5.32 Å². The van der Waals surface area contributed by atoms with E-state index in [0.29, 0.717) is 0 Å². The maximum atomic E-state index is 10.7. The van der Waals surface area contributed by atoms with Gasteiger partial charge >= 0.3 is 0 Å². The zero-order chi connectivity index (χ0) is 13.2. The molecule has 1 aliphatic heterocycles. The number of nitrogens with zero attached hydrogens (tertiary/aromatic N) is 1. The predicted molar refractivity (Wildman–Crippen MR) is 74.8 cm³/mol. The van der Waals surface area contributed by atoms with Crippen molar-refractivity contribution in [3.63, 3.8) is 0 Å². The first-order chi connectivity index (χ1) is 9.27. The summed E-state index contributed by atoms with van der Waals surface area (Å²) in [5.41, 5.74) is 4.50. The van der Waals surface area contributed by atoms with Gasteiger partial charge in [-0.2, -0.15) is 0 Å². The number of aliphatic hydroxyl groups excluding tert-OH is 1. The number of hydrogen-bond donors (Lipinski definition) is 2. The smallest absolute Gasteiger partial charge is 0.100 e. The van der Waals surface area contributed by atoms with E-state index in [4.69, 9.17) is 0 Å². The van der Waals surface area contributed by atoms with E-state index in [-0.39, 0.29) is 6.04 Å². The summed E-state index contributed by atoms with van der Waals surface area (Å²) in [5, 5.41) is 14.1. The van der Waals surface area contributed by atoms with Gasteiger partial charge in [0.25, 0.3) is 0 Å². The van der Waals surface area contributed by atoms with E-state index in [0.717, 1.165) is 24.1 Å². The minimum absolute atomic E-state index is 0.0483. The van der Waals surface area contributed by atoms with E-state index in [1.54, 1.807) is 12.4 Å². The number of aromatic nitrogens is 1. The Morgan fingerprint density at radius 1 is 1.32 bits per heavy atom. The molecule has 3 heteroatoms. The van der Waals surface area contributed by atoms with Gasteiger partial charge in [0.1, 0.15) is 6.10 Å². The molecule has 3 rings (SSSR count). The highest BCUT2D eigenvalue weighted by molar-refractivity contribution is 5.36. The second-order valence-corrected chi connectivity index (χ2v) is 5.06. The van der Waals surface area contributed by atoms with Crippen molar-refractivity contribution in [3.8, 4) is 0 Å². The van der Waals surface area contributed by atoms with Crippen LogP contribution in [0.4, 0.5) is 0 Å². The third kappa shape index (κ3) is 2.27. The highest BCUT2D eigenvalue weighted by atomic mass is 16.3. The Labute approximate surface area is 113 Å². The van der Waals surface area contributed by atoms with Crippen LogP contribution in [-0.2, 0) is 6.42 Å². The molecule has 0 aliphatic carbocycles. The Morgan fingerprint density at radius 3 is 3.00 bits per heavy atom. The summed E-state index contributed by atoms with van der Waals surface area (Å²) in [6.45, 7) is 2.91. The van der Waals surface area contributed by atoms with E-state index in [1.165, 1.54) is 11.1 Å². The van der Waals surface area contributed by atoms with Crippen LogP contribution >= 0.6 is 0 Å². The van der Waals surface area contributed by atoms with Gasteiger partial charge in [-0.3, -0.25) is 4.98 Å². The summed E-state index contributed by atoms with van der Waals surface area (Å²) in [4.78, 5) is 4.13. The molecule has 0 spiro atoms. The molecule has 0 bridgehead atoms. The molecule has 1 aliphatic rings. The second-order valence-electron chi connectivity index (χ2n) is 5.06. The van der Waals surface area contributed by atoms with E-state index >= 15 is 0 Å². The SMILES string of the molecule is Cc1ccncc1C(O)C1NCCc2ccccc21. The number of aliphatic hydroxyl groups is 1. The average molecular weight is 254 g/mol. The van der Waals surface area contributed by atoms with Crippen molar-refractivity contribution in [1.29, 1.82) is 0 Å². The third-order valence-electron chi connectivity index (χ3n) is 3.86. The second kappa shape index (κ2) is 5.11. The number of benzene rings is 1. The first kappa shape index (κ1) is 12.3. The van der Waals surface area contributed by atoms with Gasteiger partial charge in [-0.1, -0.05) is 24.3 Å². The molecular weight excluding hydrogens is 236 g/mol. The standard InChI is InChI=1S/C16H18N2O/c1-11-6-8-17-10-14(11)16(19)15-13-5-3-2-4-12(13)7-9-18-15/h2-6,8,10,15-16,18-19H,7,9H2,1H3. The first-order valence-corrected chi connectivity index (χ1v) is 6.67. The van der Waals surface area contributed by atoms with Crippen LogP contribution in [0.15, 0.2) is 42.7 Å². The molecule has 1 aromatic heterocycles. The number of nitrogens with one attached hydrogen (secondary N) is 1. The van der Waals surface area contributed by atoms with Gasteiger partial charge in [-0.05, 0) is 42.6 Å². The molecule has 2 unspecified atom stereocenters. The lowest BCUT2D eigenvalue weighted by atomic mass is 9.88. The van der Waals surface area contributed by atoms with Crippen molar-refractivity contribution in [2.24, 2.45) is 0 Å². The van der Waals surface area contributed by atoms with Crippen LogP contribution in [-0.4, -0.2) is 16.6 Å². The molecule has 2 heterocycles. The Kier molecular flexibility index (Phi) is 3.32. The molecular formula is C16H18N2O. The van der Waals surface area contributed by atoms with Crippen molar-refractivity contribution >= 4 is 0 Å². The summed E-state index contributed by atoms with van der Waals surface area (Å²) >= 11 is 0. The largest absolute Gasteiger partial charge is 0.386 e. The van der Waals surface area contributed by atoms with E-state index in [1.807, 2.05) is 19.1 Å². The average Bonchev–Trinajstić information content (AvgIpc) is 2.46. The zero-order valence-corrected chi connectivity index (χ0v) is 11.0. The summed E-state index contributed by atoms with van der Waals surface area (Å²) < 4.78 is 0. The maximum absolute atomic E-state index is 10.7. The minimum atomic E-state index is -0.560. The van der Waals surface area contributed by atoms with Crippen LogP contribution in [0.5, 0.6) is 0 Å². The predicted octanol–water partition coefficient (Wildman–Crippen LogP) is 2.31. The summed E-state index contributed by atoms with van der Waals surface area (Å²) in [6, 6.07) is 10.2. The van der Waals surface area contributed by atoms with Crippen LogP contribution in [0, 0.1) is 6.92 Å². The van der Waals surface area contributed by atoms with Crippen molar-refractivity contribution in [2.75, 3.05) is 6.54 Å². The van der Waals surface area contributed by atoms with Gasteiger partial charge < -0.3 is 10.4 Å². The first-order valence-electron chi connectivity index (χ1n) is 6.67. The summed E-state index contributed by atoms with van der Waals surface area (Å²) in [7, 11) is 0. The maximum Gasteiger partial charge on any atom is 0.100 e. The van der Waals surface area contributed by atoms with Crippen molar-refractivity contribution in [3.05, 3.63) is 65.0 Å². The Bertz CT molecular complexity index is 582. The van der Waals surface area contributed by atoms with Crippen LogP contribution in [0.3, 0.4) is 0 Å². The summed E-state index contributed by atoms with van der Waals surface area (Å²) in [6.07, 6.45) is 3.98. The van der Waals surface area contributed by atoms with Gasteiger partial charge in [0.15, 0.2) is 0 Å². The third-order valence-corrected chi connectivity index (χ3v) is 3.86. The molecule has 2 N–H and O–H groups in total. The monoisotopic (exact) mass is 254 g/mol. The van der Waals surface area contributed by atoms with E-state index < -0.39 is 6.10 Å². The number of hydrogen-bond acceptors (Lipinski definition) is 3. The topological polar surface area (TPSA) is 45.2 Å². The molecule has 3 nitrogen and oxygen atoms in total. The molecule has 2 aromatic rings. The lowest BCUT2D eigenvalue weighted by Gasteiger charge is -2.31. The van der Waals surface area contributed by atoms with Gasteiger partial charge in [-0.15, -0.1) is 0 Å². The molecule has 0 saturated heterocycles. The van der Waals surface area contributed by atoms with E-state index in [9.17, 15) is 5.11 Å². The molecule has 0 amide bonds. The van der Waals surface area contributed by atoms with Crippen LogP contribution in [0.2, 0.25) is 0 Å². The fourth-order valence-corrected chi connectivity index (χ4v) is 2.78. The van der Waals surface area contributed by atoms with Gasteiger partial charge in [-0.25, -0.2) is 0 Å². The Morgan fingerprint density at radius 2 is 2.16 bits per heavy atom. The molecule has 2 atom stereocenters. The number of fused-ring (bicyclic) bond motifs is 1. The molecule has 0 saturated carbocycles. The number of aryl methyl sites for hydroxylation is 1. The molecule has 1 aromatic carbocycles. The van der Waals surface area contributed by atoms with Gasteiger partial charge in [0.05, 0.1) is 6.04 Å². The van der Waals surface area contributed by atoms with Crippen molar-refractivity contribution in [1.82, 2.24) is 10.3 Å². The lowest BCUT2D eigenvalue weighted by Crippen LogP contribution is -2.34. The van der Waals surface area contributed by atoms with Gasteiger partial charge in [0.2, 0.25) is 0 Å². The Balaban J connectivity index is 1.98. The number of pyridine rings is 1. The van der Waals surface area contributed by atoms with Gasteiger partial charge in [0, 0.05) is 18.0 Å². The molecule has 19 heavy (non-hydrogen) atoms. The minimum Gasteiger partial charge on any atom is -0.386 e.